The highest BCUT2D eigenvalue weighted by atomic mass is 32.2. The Kier molecular flexibility index (Phi) is 2.60. The van der Waals surface area contributed by atoms with Gasteiger partial charge in [-0.15, -0.1) is 0 Å². The SMILES string of the molecule is CC1CC1NC1CCCC1S(C)(=O)=O. The first-order chi connectivity index (χ1) is 6.48. The predicted octanol–water partition coefficient (Wildman–Crippen LogP) is 0.950. The van der Waals surface area contributed by atoms with Crippen LogP contribution >= 0.6 is 0 Å². The van der Waals surface area contributed by atoms with Crippen molar-refractivity contribution in [1.82, 2.24) is 5.32 Å². The Balaban J connectivity index is 1.97. The molecule has 0 saturated heterocycles. The van der Waals surface area contributed by atoms with Gasteiger partial charge < -0.3 is 5.32 Å². The third kappa shape index (κ3) is 2.11. The molecule has 2 fully saturated rings. The van der Waals surface area contributed by atoms with E-state index in [1.54, 1.807) is 0 Å². The molecule has 2 saturated carbocycles. The number of sulfone groups is 1. The quantitative estimate of drug-likeness (QED) is 0.765. The summed E-state index contributed by atoms with van der Waals surface area (Å²) in [4.78, 5) is 0. The molecule has 2 aliphatic carbocycles. The molecule has 2 rings (SSSR count). The van der Waals surface area contributed by atoms with Crippen molar-refractivity contribution in [2.24, 2.45) is 5.92 Å². The van der Waals surface area contributed by atoms with E-state index in [4.69, 9.17) is 0 Å². The third-order valence-electron chi connectivity index (χ3n) is 3.54. The molecule has 0 amide bonds. The van der Waals surface area contributed by atoms with Crippen LogP contribution in [0.3, 0.4) is 0 Å². The summed E-state index contributed by atoms with van der Waals surface area (Å²) in [6.45, 7) is 2.21. The predicted molar refractivity (Wildman–Crippen MR) is 57.0 cm³/mol. The molecule has 0 heterocycles. The van der Waals surface area contributed by atoms with Crippen molar-refractivity contribution < 1.29 is 8.42 Å². The van der Waals surface area contributed by atoms with E-state index in [1.165, 1.54) is 12.7 Å². The maximum atomic E-state index is 11.5. The second kappa shape index (κ2) is 3.49. The molecule has 0 spiro atoms. The first-order valence-electron chi connectivity index (χ1n) is 5.43. The molecule has 0 aromatic carbocycles. The largest absolute Gasteiger partial charge is 0.310 e. The first-order valence-corrected chi connectivity index (χ1v) is 7.39. The molecule has 1 N–H and O–H groups in total. The van der Waals surface area contributed by atoms with Gasteiger partial charge in [-0.3, -0.25) is 0 Å². The van der Waals surface area contributed by atoms with Gasteiger partial charge in [-0.2, -0.15) is 0 Å². The van der Waals surface area contributed by atoms with E-state index in [0.29, 0.717) is 6.04 Å². The summed E-state index contributed by atoms with van der Waals surface area (Å²) in [5.41, 5.74) is 0. The molecule has 0 aromatic heterocycles. The second-order valence-electron chi connectivity index (χ2n) is 4.89. The normalized spacial score (nSPS) is 42.7. The minimum Gasteiger partial charge on any atom is -0.310 e. The van der Waals surface area contributed by atoms with Gasteiger partial charge in [0.1, 0.15) is 0 Å². The van der Waals surface area contributed by atoms with Gasteiger partial charge in [0.2, 0.25) is 0 Å². The summed E-state index contributed by atoms with van der Waals surface area (Å²) in [7, 11) is -2.85. The molecule has 3 nitrogen and oxygen atoms in total. The van der Waals surface area contributed by atoms with Gasteiger partial charge in [0.25, 0.3) is 0 Å². The Labute approximate surface area is 86.2 Å². The van der Waals surface area contributed by atoms with Crippen molar-refractivity contribution in [3.63, 3.8) is 0 Å². The molecule has 4 heteroatoms. The fraction of sp³-hybridized carbons (Fsp3) is 1.00. The molecule has 0 aromatic rings. The van der Waals surface area contributed by atoms with Crippen LogP contribution in [-0.2, 0) is 9.84 Å². The fourth-order valence-electron chi connectivity index (χ4n) is 2.46. The molecule has 4 unspecified atom stereocenters. The van der Waals surface area contributed by atoms with Gasteiger partial charge in [0, 0.05) is 18.3 Å². The van der Waals surface area contributed by atoms with E-state index in [0.717, 1.165) is 25.2 Å². The van der Waals surface area contributed by atoms with Crippen LogP contribution < -0.4 is 5.32 Å². The molecule has 0 aliphatic heterocycles. The zero-order chi connectivity index (χ0) is 10.3. The van der Waals surface area contributed by atoms with Gasteiger partial charge in [-0.1, -0.05) is 13.3 Å². The molecular weight excluding hydrogens is 198 g/mol. The lowest BCUT2D eigenvalue weighted by atomic mass is 10.2. The minimum atomic E-state index is -2.85. The standard InChI is InChI=1S/C10H19NO2S/c1-7-6-9(7)11-8-4-3-5-10(8)14(2,12)13/h7-11H,3-6H2,1-2H3. The zero-order valence-electron chi connectivity index (χ0n) is 8.86. The van der Waals surface area contributed by atoms with E-state index in [2.05, 4.69) is 12.2 Å². The Morgan fingerprint density at radius 3 is 2.36 bits per heavy atom. The van der Waals surface area contributed by atoms with Crippen molar-refractivity contribution in [2.75, 3.05) is 6.26 Å². The number of hydrogen-bond donors (Lipinski definition) is 1. The van der Waals surface area contributed by atoms with Crippen LogP contribution in [-0.4, -0.2) is 32.0 Å². The van der Waals surface area contributed by atoms with Gasteiger partial charge in [-0.05, 0) is 25.2 Å². The van der Waals surface area contributed by atoms with Gasteiger partial charge >= 0.3 is 0 Å². The van der Waals surface area contributed by atoms with Gasteiger partial charge in [0.05, 0.1) is 5.25 Å². The second-order valence-corrected chi connectivity index (χ2v) is 7.16. The van der Waals surface area contributed by atoms with Crippen LogP contribution in [0.1, 0.15) is 32.6 Å². The third-order valence-corrected chi connectivity index (χ3v) is 5.20. The molecule has 82 valence electrons. The van der Waals surface area contributed by atoms with E-state index in [1.807, 2.05) is 0 Å². The Hall–Kier alpha value is -0.0900. The molecular formula is C10H19NO2S. The van der Waals surface area contributed by atoms with Gasteiger partial charge in [0.15, 0.2) is 9.84 Å². The number of hydrogen-bond acceptors (Lipinski definition) is 3. The van der Waals surface area contributed by atoms with Crippen LogP contribution in [0.4, 0.5) is 0 Å². The maximum absolute atomic E-state index is 11.5. The van der Waals surface area contributed by atoms with Crippen LogP contribution in [0.2, 0.25) is 0 Å². The Morgan fingerprint density at radius 2 is 1.86 bits per heavy atom. The van der Waals surface area contributed by atoms with Crippen molar-refractivity contribution in [1.29, 1.82) is 0 Å². The van der Waals surface area contributed by atoms with Crippen LogP contribution in [0.15, 0.2) is 0 Å². The first kappa shape index (κ1) is 10.4. The monoisotopic (exact) mass is 217 g/mol. The fourth-order valence-corrected chi connectivity index (χ4v) is 3.86. The van der Waals surface area contributed by atoms with Crippen molar-refractivity contribution >= 4 is 9.84 Å². The highest BCUT2D eigenvalue weighted by Gasteiger charge is 2.40. The lowest BCUT2D eigenvalue weighted by molar-refractivity contribution is 0.495. The van der Waals surface area contributed by atoms with Crippen molar-refractivity contribution in [3.8, 4) is 0 Å². The van der Waals surface area contributed by atoms with Crippen molar-refractivity contribution in [2.45, 2.75) is 49.9 Å². The highest BCUT2D eigenvalue weighted by molar-refractivity contribution is 7.91. The average molecular weight is 217 g/mol. The maximum Gasteiger partial charge on any atom is 0.151 e. The zero-order valence-corrected chi connectivity index (χ0v) is 9.68. The summed E-state index contributed by atoms with van der Waals surface area (Å²) in [6.07, 6.45) is 5.51. The lowest BCUT2D eigenvalue weighted by Gasteiger charge is -2.19. The van der Waals surface area contributed by atoms with Crippen LogP contribution in [0, 0.1) is 5.92 Å². The smallest absolute Gasteiger partial charge is 0.151 e. The van der Waals surface area contributed by atoms with Gasteiger partial charge in [-0.25, -0.2) is 8.42 Å². The summed E-state index contributed by atoms with van der Waals surface area (Å²) in [5.74, 6) is 0.746. The molecule has 0 radical (unpaired) electrons. The van der Waals surface area contributed by atoms with E-state index >= 15 is 0 Å². The highest BCUT2D eigenvalue weighted by Crippen LogP contribution is 2.33. The minimum absolute atomic E-state index is 0.129. The summed E-state index contributed by atoms with van der Waals surface area (Å²) >= 11 is 0. The summed E-state index contributed by atoms with van der Waals surface area (Å²) < 4.78 is 23.0. The number of nitrogens with one attached hydrogen (secondary N) is 1. The number of rotatable bonds is 3. The van der Waals surface area contributed by atoms with Crippen LogP contribution in [0.25, 0.3) is 0 Å². The lowest BCUT2D eigenvalue weighted by Crippen LogP contribution is -2.41. The summed E-state index contributed by atoms with van der Waals surface area (Å²) in [5, 5.41) is 3.35. The molecule has 4 atom stereocenters. The Morgan fingerprint density at radius 1 is 1.21 bits per heavy atom. The Bertz CT molecular complexity index is 312. The van der Waals surface area contributed by atoms with Crippen LogP contribution in [0.5, 0.6) is 0 Å². The van der Waals surface area contributed by atoms with Crippen molar-refractivity contribution in [3.05, 3.63) is 0 Å². The van der Waals surface area contributed by atoms with E-state index in [-0.39, 0.29) is 11.3 Å². The van der Waals surface area contributed by atoms with E-state index < -0.39 is 9.84 Å². The average Bonchev–Trinajstić information content (AvgIpc) is 2.61. The molecule has 2 aliphatic rings. The molecule has 0 bridgehead atoms. The molecule has 14 heavy (non-hydrogen) atoms. The van der Waals surface area contributed by atoms with E-state index in [9.17, 15) is 8.42 Å². The summed E-state index contributed by atoms with van der Waals surface area (Å²) in [6, 6.07) is 0.808. The topological polar surface area (TPSA) is 46.2 Å².